The van der Waals surface area contributed by atoms with Gasteiger partial charge < -0.3 is 4.57 Å². The van der Waals surface area contributed by atoms with Gasteiger partial charge in [-0.1, -0.05) is 38.5 Å². The third kappa shape index (κ3) is 2.56. The summed E-state index contributed by atoms with van der Waals surface area (Å²) in [7, 11) is 0. The van der Waals surface area contributed by atoms with Crippen LogP contribution >= 0.6 is 11.8 Å². The second-order valence-electron chi connectivity index (χ2n) is 7.13. The molecular formula is C18H23N5OS. The van der Waals surface area contributed by atoms with Crippen LogP contribution in [0.1, 0.15) is 44.8 Å². The predicted octanol–water partition coefficient (Wildman–Crippen LogP) is 3.47. The molecule has 3 heterocycles. The van der Waals surface area contributed by atoms with Crippen LogP contribution in [-0.2, 0) is 0 Å². The Morgan fingerprint density at radius 1 is 1.24 bits per heavy atom. The highest BCUT2D eigenvalue weighted by atomic mass is 32.2. The standard InChI is InChI=1S/C18H23N5OS/c1-10-6-5-7-13(11(10)2)22-9-8-14-15(16(22)24)12(3)19-17-20-18(25-4)21-23(14)17/h8-11,13H,5-7H2,1-4H3. The third-order valence-electron chi connectivity index (χ3n) is 5.73. The van der Waals surface area contributed by atoms with Gasteiger partial charge in [-0.05, 0) is 37.5 Å². The van der Waals surface area contributed by atoms with E-state index < -0.39 is 0 Å². The molecule has 7 heteroatoms. The lowest BCUT2D eigenvalue weighted by Crippen LogP contribution is -2.34. The number of thioether (sulfide) groups is 1. The Hall–Kier alpha value is -1.89. The molecule has 0 aliphatic heterocycles. The largest absolute Gasteiger partial charge is 0.311 e. The molecule has 0 amide bonds. The van der Waals surface area contributed by atoms with Crippen LogP contribution in [0.3, 0.4) is 0 Å². The molecule has 0 bridgehead atoms. The molecule has 132 valence electrons. The van der Waals surface area contributed by atoms with Crippen molar-refractivity contribution in [2.75, 3.05) is 6.26 Å². The molecule has 0 radical (unpaired) electrons. The van der Waals surface area contributed by atoms with Crippen molar-refractivity contribution in [3.63, 3.8) is 0 Å². The number of aryl methyl sites for hydroxylation is 1. The van der Waals surface area contributed by atoms with Crippen LogP contribution in [0.4, 0.5) is 0 Å². The smallest absolute Gasteiger partial charge is 0.262 e. The molecule has 0 aromatic carbocycles. The van der Waals surface area contributed by atoms with Crippen LogP contribution in [0, 0.1) is 18.8 Å². The number of pyridine rings is 1. The van der Waals surface area contributed by atoms with Crippen LogP contribution < -0.4 is 5.56 Å². The predicted molar refractivity (Wildman–Crippen MR) is 100 cm³/mol. The molecule has 4 rings (SSSR count). The molecule has 6 nitrogen and oxygen atoms in total. The van der Waals surface area contributed by atoms with Gasteiger partial charge in [0.25, 0.3) is 11.3 Å². The van der Waals surface area contributed by atoms with Crippen molar-refractivity contribution in [3.8, 4) is 0 Å². The molecule has 25 heavy (non-hydrogen) atoms. The number of hydrogen-bond donors (Lipinski definition) is 0. The van der Waals surface area contributed by atoms with E-state index in [-0.39, 0.29) is 11.6 Å². The van der Waals surface area contributed by atoms with Gasteiger partial charge in [0, 0.05) is 12.2 Å². The summed E-state index contributed by atoms with van der Waals surface area (Å²) in [5, 5.41) is 5.78. The van der Waals surface area contributed by atoms with Gasteiger partial charge in [0.05, 0.1) is 16.6 Å². The molecule has 1 saturated carbocycles. The maximum atomic E-state index is 13.3. The summed E-state index contributed by atoms with van der Waals surface area (Å²) in [6, 6.07) is 2.25. The Labute approximate surface area is 150 Å². The first kappa shape index (κ1) is 16.6. The molecule has 0 saturated heterocycles. The van der Waals surface area contributed by atoms with Gasteiger partial charge in [0.1, 0.15) is 0 Å². The summed E-state index contributed by atoms with van der Waals surface area (Å²) < 4.78 is 3.61. The van der Waals surface area contributed by atoms with E-state index in [0.29, 0.717) is 28.2 Å². The number of nitrogens with zero attached hydrogens (tertiary/aromatic N) is 5. The molecule has 3 aromatic heterocycles. The van der Waals surface area contributed by atoms with Gasteiger partial charge in [-0.3, -0.25) is 4.79 Å². The van der Waals surface area contributed by atoms with E-state index in [9.17, 15) is 4.79 Å². The van der Waals surface area contributed by atoms with Crippen molar-refractivity contribution in [1.29, 1.82) is 0 Å². The molecular weight excluding hydrogens is 334 g/mol. The highest BCUT2D eigenvalue weighted by molar-refractivity contribution is 7.98. The first-order chi connectivity index (χ1) is 12.0. The van der Waals surface area contributed by atoms with E-state index in [1.807, 2.05) is 30.0 Å². The van der Waals surface area contributed by atoms with Gasteiger partial charge in [-0.2, -0.15) is 9.50 Å². The fraction of sp³-hybridized carbons (Fsp3) is 0.556. The number of hydrogen-bond acceptors (Lipinski definition) is 5. The molecule has 1 fully saturated rings. The zero-order chi connectivity index (χ0) is 17.7. The van der Waals surface area contributed by atoms with Crippen molar-refractivity contribution >= 4 is 28.4 Å². The average molecular weight is 357 g/mol. The van der Waals surface area contributed by atoms with E-state index in [0.717, 1.165) is 17.6 Å². The Morgan fingerprint density at radius 2 is 2.04 bits per heavy atom. The fourth-order valence-corrected chi connectivity index (χ4v) is 4.41. The average Bonchev–Trinajstić information content (AvgIpc) is 3.01. The monoisotopic (exact) mass is 357 g/mol. The third-order valence-corrected chi connectivity index (χ3v) is 6.27. The summed E-state index contributed by atoms with van der Waals surface area (Å²) in [4.78, 5) is 22.2. The second kappa shape index (κ2) is 6.12. The lowest BCUT2D eigenvalue weighted by molar-refractivity contribution is 0.183. The molecule has 1 aliphatic carbocycles. The molecule has 0 N–H and O–H groups in total. The van der Waals surface area contributed by atoms with E-state index in [1.54, 1.807) is 4.52 Å². The zero-order valence-corrected chi connectivity index (χ0v) is 15.9. The van der Waals surface area contributed by atoms with Gasteiger partial charge in [-0.15, -0.1) is 5.10 Å². The normalized spacial score (nSPS) is 24.2. The Morgan fingerprint density at radius 3 is 2.80 bits per heavy atom. The number of fused-ring (bicyclic) bond motifs is 3. The lowest BCUT2D eigenvalue weighted by Gasteiger charge is -2.35. The Bertz CT molecular complexity index is 1010. The van der Waals surface area contributed by atoms with Crippen LogP contribution in [0.25, 0.3) is 16.7 Å². The minimum absolute atomic E-state index is 0.0385. The van der Waals surface area contributed by atoms with E-state index >= 15 is 0 Å². The zero-order valence-electron chi connectivity index (χ0n) is 15.1. The van der Waals surface area contributed by atoms with Crippen molar-refractivity contribution < 1.29 is 0 Å². The van der Waals surface area contributed by atoms with Crippen LogP contribution in [0.2, 0.25) is 0 Å². The minimum atomic E-state index is 0.0385. The number of rotatable bonds is 2. The molecule has 3 atom stereocenters. The summed E-state index contributed by atoms with van der Waals surface area (Å²) in [6.07, 6.45) is 7.35. The maximum Gasteiger partial charge on any atom is 0.262 e. The Balaban J connectivity index is 1.95. The van der Waals surface area contributed by atoms with E-state index in [1.165, 1.54) is 24.6 Å². The van der Waals surface area contributed by atoms with Crippen LogP contribution in [-0.4, -0.2) is 30.4 Å². The fourth-order valence-electron chi connectivity index (χ4n) is 4.08. The summed E-state index contributed by atoms with van der Waals surface area (Å²) in [6.45, 7) is 6.44. The van der Waals surface area contributed by atoms with E-state index in [4.69, 9.17) is 0 Å². The molecule has 3 aromatic rings. The van der Waals surface area contributed by atoms with Crippen molar-refractivity contribution in [3.05, 3.63) is 28.3 Å². The molecule has 3 unspecified atom stereocenters. The maximum absolute atomic E-state index is 13.3. The Kier molecular flexibility index (Phi) is 4.06. The van der Waals surface area contributed by atoms with Gasteiger partial charge >= 0.3 is 0 Å². The highest BCUT2D eigenvalue weighted by Gasteiger charge is 2.29. The van der Waals surface area contributed by atoms with Crippen LogP contribution in [0.5, 0.6) is 0 Å². The van der Waals surface area contributed by atoms with Crippen molar-refractivity contribution in [2.24, 2.45) is 11.8 Å². The summed E-state index contributed by atoms with van der Waals surface area (Å²) >= 11 is 1.47. The van der Waals surface area contributed by atoms with Crippen LogP contribution in [0.15, 0.2) is 22.2 Å². The van der Waals surface area contributed by atoms with Gasteiger partial charge in [0.2, 0.25) is 5.16 Å². The number of aromatic nitrogens is 5. The molecule has 0 spiro atoms. The molecule has 1 aliphatic rings. The summed E-state index contributed by atoms with van der Waals surface area (Å²) in [5.74, 6) is 1.68. The first-order valence-electron chi connectivity index (χ1n) is 8.83. The lowest BCUT2D eigenvalue weighted by atomic mass is 9.78. The van der Waals surface area contributed by atoms with E-state index in [2.05, 4.69) is 28.9 Å². The van der Waals surface area contributed by atoms with Gasteiger partial charge in [0.15, 0.2) is 0 Å². The SMILES string of the molecule is CSc1nc2nc(C)c3c(=O)n(C4CCCC(C)C4C)ccc3n2n1. The van der Waals surface area contributed by atoms with Crippen molar-refractivity contribution in [1.82, 2.24) is 24.1 Å². The highest BCUT2D eigenvalue weighted by Crippen LogP contribution is 2.37. The second-order valence-corrected chi connectivity index (χ2v) is 7.90. The summed E-state index contributed by atoms with van der Waals surface area (Å²) in [5.41, 5.74) is 1.54. The topological polar surface area (TPSA) is 65.1 Å². The van der Waals surface area contributed by atoms with Crippen molar-refractivity contribution in [2.45, 2.75) is 51.2 Å². The first-order valence-corrected chi connectivity index (χ1v) is 10.1. The quantitative estimate of drug-likeness (QED) is 0.657. The van der Waals surface area contributed by atoms with Gasteiger partial charge in [-0.25, -0.2) is 4.98 Å². The minimum Gasteiger partial charge on any atom is -0.311 e.